The number of carbonyl (C=O) groups is 1. The fourth-order valence-electron chi connectivity index (χ4n) is 4.41. The van der Waals surface area contributed by atoms with Crippen LogP contribution in [0.15, 0.2) is 48.9 Å². The van der Waals surface area contributed by atoms with Crippen molar-refractivity contribution < 1.29 is 32.4 Å². The van der Waals surface area contributed by atoms with E-state index in [1.165, 1.54) is 20.2 Å². The Morgan fingerprint density at radius 2 is 1.91 bits per heavy atom. The van der Waals surface area contributed by atoms with Crippen molar-refractivity contribution in [1.82, 2.24) is 25.1 Å². The monoisotopic (exact) mass is 615 g/mol. The first-order valence-electron chi connectivity index (χ1n) is 13.0. The number of rotatable bonds is 12. The zero-order valence-electron chi connectivity index (χ0n) is 23.5. The number of halogens is 3. The van der Waals surface area contributed by atoms with Gasteiger partial charge in [0.25, 0.3) is 5.91 Å². The summed E-state index contributed by atoms with van der Waals surface area (Å²) in [7, 11) is 2.77. The lowest BCUT2D eigenvalue weighted by Crippen LogP contribution is -2.21. The molecule has 0 aliphatic heterocycles. The molecule has 43 heavy (non-hydrogen) atoms. The second kappa shape index (κ2) is 13.6. The van der Waals surface area contributed by atoms with Gasteiger partial charge in [-0.3, -0.25) is 14.0 Å². The number of aryl methyl sites for hydroxylation is 1. The molecule has 0 spiro atoms. The van der Waals surface area contributed by atoms with Crippen LogP contribution < -0.4 is 20.7 Å². The second-order valence-electron chi connectivity index (χ2n) is 9.33. The van der Waals surface area contributed by atoms with Gasteiger partial charge >= 0.3 is 6.18 Å². The Morgan fingerprint density at radius 3 is 2.58 bits per heavy atom. The van der Waals surface area contributed by atoms with E-state index in [0.29, 0.717) is 47.3 Å². The number of aliphatic hydroxyl groups is 1. The Hall–Kier alpha value is -4.55. The largest absolute Gasteiger partial charge is 0.495 e. The molecule has 2 aromatic heterocycles. The molecule has 2 heterocycles. The molecule has 0 aliphatic rings. The topological polar surface area (TPSA) is 143 Å². The molecule has 0 radical (unpaired) electrons. The summed E-state index contributed by atoms with van der Waals surface area (Å²) in [6, 6.07) is 8.14. The maximum absolute atomic E-state index is 14.0. The van der Waals surface area contributed by atoms with Crippen LogP contribution >= 0.6 is 8.46 Å². The Balaban J connectivity index is 1.74. The molecule has 4 rings (SSSR count). The minimum atomic E-state index is -4.80. The van der Waals surface area contributed by atoms with Gasteiger partial charge in [0.2, 0.25) is 5.95 Å². The maximum atomic E-state index is 14.0. The third kappa shape index (κ3) is 7.27. The maximum Gasteiger partial charge on any atom is 0.421 e. The number of carbonyl (C=O) groups excluding carboxylic acids is 1. The smallest absolute Gasteiger partial charge is 0.421 e. The molecule has 4 aromatic rings. The summed E-state index contributed by atoms with van der Waals surface area (Å²) in [6.45, 7) is 2.20. The Bertz CT molecular complexity index is 1630. The van der Waals surface area contributed by atoms with E-state index in [1.54, 1.807) is 48.3 Å². The van der Waals surface area contributed by atoms with Crippen molar-refractivity contribution in [3.63, 3.8) is 0 Å². The number of hydrogen-bond acceptors (Lipinski definition) is 9. The highest BCUT2D eigenvalue weighted by Crippen LogP contribution is 2.38. The van der Waals surface area contributed by atoms with Crippen LogP contribution in [0.3, 0.4) is 0 Å². The number of anilines is 4. The van der Waals surface area contributed by atoms with E-state index < -0.39 is 23.5 Å². The van der Waals surface area contributed by atoms with Crippen molar-refractivity contribution in [2.24, 2.45) is 0 Å². The van der Waals surface area contributed by atoms with Crippen molar-refractivity contribution in [2.45, 2.75) is 32.2 Å². The molecule has 226 valence electrons. The van der Waals surface area contributed by atoms with Crippen LogP contribution in [0.4, 0.5) is 36.3 Å². The first kappa shape index (κ1) is 31.4. The van der Waals surface area contributed by atoms with Crippen LogP contribution in [0.5, 0.6) is 5.75 Å². The predicted octanol–water partition coefficient (Wildman–Crippen LogP) is 5.70. The van der Waals surface area contributed by atoms with E-state index in [4.69, 9.17) is 9.84 Å². The zero-order chi connectivity index (χ0) is 31.1. The normalized spacial score (nSPS) is 11.4. The fraction of sp³-hybridized carbons (Fsp3) is 0.286. The molecule has 15 heteroatoms. The predicted molar refractivity (Wildman–Crippen MR) is 155 cm³/mol. The number of methoxy groups -OCH3 is 1. The van der Waals surface area contributed by atoms with Crippen molar-refractivity contribution in [3.05, 3.63) is 71.2 Å². The third-order valence-corrected chi connectivity index (χ3v) is 7.01. The first-order valence-corrected chi connectivity index (χ1v) is 14.0. The number of ether oxygens (including phenoxy) is 1. The van der Waals surface area contributed by atoms with Gasteiger partial charge in [-0.2, -0.15) is 23.3 Å². The average Bonchev–Trinajstić information content (AvgIpc) is 3.45. The number of benzene rings is 2. The molecule has 1 amide bonds. The quantitative estimate of drug-likeness (QED) is 0.148. The molecule has 0 bridgehead atoms. The summed E-state index contributed by atoms with van der Waals surface area (Å²) < 4.78 is 60.1. The Morgan fingerprint density at radius 1 is 1.14 bits per heavy atom. The molecular formula is C28H29F3N7O4P. The molecular weight excluding hydrogens is 586 g/mol. The van der Waals surface area contributed by atoms with Crippen LogP contribution in [0, 0.1) is 6.92 Å². The van der Waals surface area contributed by atoms with E-state index >= 15 is 0 Å². The van der Waals surface area contributed by atoms with E-state index in [0.717, 1.165) is 5.56 Å². The molecule has 2 aromatic carbocycles. The second-order valence-corrected chi connectivity index (χ2v) is 9.91. The lowest BCUT2D eigenvalue weighted by atomic mass is 9.96. The number of aliphatic hydroxyl groups excluding tert-OH is 1. The minimum Gasteiger partial charge on any atom is -0.495 e. The summed E-state index contributed by atoms with van der Waals surface area (Å²) in [5.74, 6) is -0.891. The van der Waals surface area contributed by atoms with Gasteiger partial charge in [-0.15, -0.1) is 0 Å². The highest BCUT2D eigenvalue weighted by Gasteiger charge is 2.36. The molecule has 0 saturated heterocycles. The van der Waals surface area contributed by atoms with Gasteiger partial charge in [-0.1, -0.05) is 12.1 Å². The highest BCUT2D eigenvalue weighted by molar-refractivity contribution is 7.22. The number of hydrogen-bond donors (Lipinski definition) is 4. The van der Waals surface area contributed by atoms with Gasteiger partial charge in [0.1, 0.15) is 17.1 Å². The van der Waals surface area contributed by atoms with Gasteiger partial charge in [0.05, 0.1) is 36.4 Å². The van der Waals surface area contributed by atoms with Gasteiger partial charge in [0, 0.05) is 38.2 Å². The molecule has 0 fully saturated rings. The summed E-state index contributed by atoms with van der Waals surface area (Å²) >= 11 is 0. The minimum absolute atomic E-state index is 0.0116. The molecule has 11 nitrogen and oxygen atoms in total. The van der Waals surface area contributed by atoms with Crippen LogP contribution in [0.1, 0.15) is 33.5 Å². The lowest BCUT2D eigenvalue weighted by Gasteiger charge is -2.19. The molecule has 0 saturated carbocycles. The molecule has 0 aliphatic carbocycles. The summed E-state index contributed by atoms with van der Waals surface area (Å²) in [4.78, 5) is 21.0. The summed E-state index contributed by atoms with van der Waals surface area (Å²) in [5.41, 5.74) is 2.07. The van der Waals surface area contributed by atoms with Crippen LogP contribution in [0.25, 0.3) is 11.1 Å². The van der Waals surface area contributed by atoms with Gasteiger partial charge < -0.3 is 25.8 Å². The summed E-state index contributed by atoms with van der Waals surface area (Å²) in [5, 5.41) is 21.5. The third-order valence-electron chi connectivity index (χ3n) is 6.52. The number of nitrogens with one attached hydrogen (secondary N) is 3. The first-order chi connectivity index (χ1) is 20.6. The van der Waals surface area contributed by atoms with Crippen LogP contribution in [-0.4, -0.2) is 51.5 Å². The summed E-state index contributed by atoms with van der Waals surface area (Å²) in [6.07, 6.45) is 0.0114. The number of nitrogens with zero attached hydrogens (tertiary/aromatic N) is 4. The molecule has 0 unspecified atom stereocenters. The van der Waals surface area contributed by atoms with Crippen molar-refractivity contribution >= 4 is 37.5 Å². The average molecular weight is 616 g/mol. The highest BCUT2D eigenvalue weighted by atomic mass is 31.1. The standard InChI is InChI=1S/C28H29F3N7O4P/c1-16-19(18-12-34-38(14-18)9-4-10-39)6-8-22(24(16)26(40)32-2)35-25-20(28(29,30)31)13-33-27(37-25)36-21-7-5-17(15-43-41)11-23(21)42-3/h5-8,11-14,39H,4,9-10,15H2,1-3H3,(H,32,40)(H2,33,35,36,37). The molecule has 0 atom stereocenters. The van der Waals surface area contributed by atoms with Gasteiger partial charge in [0.15, 0.2) is 8.46 Å². The van der Waals surface area contributed by atoms with Gasteiger partial charge in [-0.25, -0.2) is 4.98 Å². The van der Waals surface area contributed by atoms with Gasteiger partial charge in [-0.05, 0) is 48.2 Å². The van der Waals surface area contributed by atoms with Crippen LogP contribution in [-0.2, 0) is 23.4 Å². The lowest BCUT2D eigenvalue weighted by molar-refractivity contribution is -0.137. The van der Waals surface area contributed by atoms with Crippen LogP contribution in [0.2, 0.25) is 0 Å². The fourth-order valence-corrected chi connectivity index (χ4v) is 4.75. The molecule has 4 N–H and O–H groups in total. The van der Waals surface area contributed by atoms with Crippen molar-refractivity contribution in [3.8, 4) is 16.9 Å². The van der Waals surface area contributed by atoms with Crippen molar-refractivity contribution in [2.75, 3.05) is 31.4 Å². The number of alkyl halides is 3. The van der Waals surface area contributed by atoms with E-state index in [1.807, 2.05) is 0 Å². The Labute approximate surface area is 246 Å². The zero-order valence-corrected chi connectivity index (χ0v) is 24.4. The SMILES string of the molecule is CNC(=O)c1c(Nc2nc(Nc3ccc(CP=O)cc3OC)ncc2C(F)(F)F)ccc(-c2cnn(CCCO)c2)c1C. The Kier molecular flexibility index (Phi) is 9.94. The van der Waals surface area contributed by atoms with E-state index in [9.17, 15) is 22.5 Å². The number of amides is 1. The van der Waals surface area contributed by atoms with Crippen molar-refractivity contribution in [1.29, 1.82) is 0 Å². The number of aromatic nitrogens is 4. The van der Waals surface area contributed by atoms with E-state index in [2.05, 4.69) is 31.0 Å². The van der Waals surface area contributed by atoms with E-state index in [-0.39, 0.29) is 38.4 Å².